The molecule has 0 saturated heterocycles. The molecule has 4 rings (SSSR count). The summed E-state index contributed by atoms with van der Waals surface area (Å²) in [4.78, 5) is 23.4. The zero-order chi connectivity index (χ0) is 17.2. The number of nitrogens with one attached hydrogen (secondary N) is 1. The van der Waals surface area contributed by atoms with Gasteiger partial charge < -0.3 is 14.8 Å². The lowest BCUT2D eigenvalue weighted by Crippen LogP contribution is -2.20. The maximum absolute atomic E-state index is 12.0. The number of carbonyl (C=O) groups excluding carboxylic acids is 2. The fourth-order valence-electron chi connectivity index (χ4n) is 3.36. The summed E-state index contributed by atoms with van der Waals surface area (Å²) in [5, 5.41) is 2.80. The second kappa shape index (κ2) is 6.59. The van der Waals surface area contributed by atoms with Crippen molar-refractivity contribution in [2.24, 2.45) is 0 Å². The molecule has 1 heterocycles. The van der Waals surface area contributed by atoms with Crippen LogP contribution in [-0.4, -0.2) is 18.5 Å². The topological polar surface area (TPSA) is 64.6 Å². The van der Waals surface area contributed by atoms with Gasteiger partial charge in [-0.25, -0.2) is 4.79 Å². The minimum absolute atomic E-state index is 0.0139. The van der Waals surface area contributed by atoms with Crippen LogP contribution in [0, 0.1) is 0 Å². The zero-order valence-electron chi connectivity index (χ0n) is 13.8. The third-order valence-corrected chi connectivity index (χ3v) is 4.63. The Labute approximate surface area is 145 Å². The Morgan fingerprint density at radius 1 is 0.920 bits per heavy atom. The molecule has 1 N–H and O–H groups in total. The number of hydrogen-bond donors (Lipinski definition) is 1. The highest BCUT2D eigenvalue weighted by atomic mass is 16.6. The highest BCUT2D eigenvalue weighted by Gasteiger charge is 2.16. The standard InChI is InChI=1S/C20H19NO4/c22-19-9-5-15-11-17(7-8-18(15)21-19)25-20(23)12-24-16-6-4-13-2-1-3-14(13)10-16/h4,6-8,10-11H,1-3,5,9,12H2,(H,21,22). The van der Waals surface area contributed by atoms with Crippen LogP contribution in [0.5, 0.6) is 11.5 Å². The van der Waals surface area contributed by atoms with E-state index in [4.69, 9.17) is 9.47 Å². The molecule has 1 aliphatic carbocycles. The first-order chi connectivity index (χ1) is 12.2. The minimum Gasteiger partial charge on any atom is -0.482 e. The van der Waals surface area contributed by atoms with Crippen LogP contribution in [0.4, 0.5) is 5.69 Å². The van der Waals surface area contributed by atoms with Gasteiger partial charge in [0.25, 0.3) is 0 Å². The average molecular weight is 337 g/mol. The molecule has 0 aromatic heterocycles. The van der Waals surface area contributed by atoms with E-state index >= 15 is 0 Å². The van der Waals surface area contributed by atoms with Gasteiger partial charge in [-0.3, -0.25) is 4.79 Å². The molecule has 0 atom stereocenters. The molecule has 5 heteroatoms. The number of carbonyl (C=O) groups is 2. The van der Waals surface area contributed by atoms with Crippen molar-refractivity contribution in [2.45, 2.75) is 32.1 Å². The normalized spacial score (nSPS) is 15.1. The van der Waals surface area contributed by atoms with Gasteiger partial charge >= 0.3 is 5.97 Å². The predicted octanol–water partition coefficient (Wildman–Crippen LogP) is 3.04. The number of esters is 1. The highest BCUT2D eigenvalue weighted by Crippen LogP contribution is 2.28. The summed E-state index contributed by atoms with van der Waals surface area (Å²) in [7, 11) is 0. The second-order valence-electron chi connectivity index (χ2n) is 6.41. The first-order valence-corrected chi connectivity index (χ1v) is 8.55. The Morgan fingerprint density at radius 3 is 2.64 bits per heavy atom. The number of anilines is 1. The van der Waals surface area contributed by atoms with Gasteiger partial charge in [0.1, 0.15) is 11.5 Å². The summed E-state index contributed by atoms with van der Waals surface area (Å²) in [5.41, 5.74) is 4.44. The van der Waals surface area contributed by atoms with Gasteiger partial charge in [-0.2, -0.15) is 0 Å². The van der Waals surface area contributed by atoms with Crippen molar-refractivity contribution in [3.8, 4) is 11.5 Å². The van der Waals surface area contributed by atoms with E-state index in [0.717, 1.165) is 24.1 Å². The third kappa shape index (κ3) is 3.50. The van der Waals surface area contributed by atoms with Crippen LogP contribution in [0.15, 0.2) is 36.4 Å². The monoisotopic (exact) mass is 337 g/mol. The first kappa shape index (κ1) is 15.7. The van der Waals surface area contributed by atoms with Crippen LogP contribution in [0.2, 0.25) is 0 Å². The predicted molar refractivity (Wildman–Crippen MR) is 93.0 cm³/mol. The van der Waals surface area contributed by atoms with Crippen molar-refractivity contribution in [2.75, 3.05) is 11.9 Å². The van der Waals surface area contributed by atoms with Crippen molar-refractivity contribution < 1.29 is 19.1 Å². The number of hydrogen-bond acceptors (Lipinski definition) is 4. The first-order valence-electron chi connectivity index (χ1n) is 8.55. The molecule has 0 radical (unpaired) electrons. The van der Waals surface area contributed by atoms with Crippen LogP contribution in [-0.2, 0) is 28.9 Å². The SMILES string of the molecule is O=C1CCc2cc(OC(=O)COc3ccc4c(c3)CCC4)ccc2N1. The van der Waals surface area contributed by atoms with E-state index in [1.54, 1.807) is 18.2 Å². The van der Waals surface area contributed by atoms with Crippen LogP contribution in [0.1, 0.15) is 29.5 Å². The van der Waals surface area contributed by atoms with Gasteiger partial charge in [0, 0.05) is 12.1 Å². The summed E-state index contributed by atoms with van der Waals surface area (Å²) in [6.45, 7) is -0.132. The van der Waals surface area contributed by atoms with Crippen LogP contribution < -0.4 is 14.8 Å². The van der Waals surface area contributed by atoms with Crippen molar-refractivity contribution in [3.63, 3.8) is 0 Å². The highest BCUT2D eigenvalue weighted by molar-refractivity contribution is 5.94. The van der Waals surface area contributed by atoms with Crippen molar-refractivity contribution in [1.29, 1.82) is 0 Å². The lowest BCUT2D eigenvalue weighted by atomic mass is 10.0. The van der Waals surface area contributed by atoms with Crippen LogP contribution in [0.3, 0.4) is 0 Å². The third-order valence-electron chi connectivity index (χ3n) is 4.63. The van der Waals surface area contributed by atoms with E-state index in [-0.39, 0.29) is 12.5 Å². The lowest BCUT2D eigenvalue weighted by molar-refractivity contribution is -0.136. The van der Waals surface area contributed by atoms with Gasteiger partial charge in [0.15, 0.2) is 6.61 Å². The molecule has 2 aliphatic rings. The Bertz CT molecular complexity index is 844. The molecule has 5 nitrogen and oxygen atoms in total. The minimum atomic E-state index is -0.444. The summed E-state index contributed by atoms with van der Waals surface area (Å²) in [6, 6.07) is 11.2. The molecule has 2 aromatic rings. The largest absolute Gasteiger partial charge is 0.482 e. The molecule has 1 amide bonds. The summed E-state index contributed by atoms with van der Waals surface area (Å²) in [6.07, 6.45) is 4.47. The van der Waals surface area contributed by atoms with Crippen LogP contribution >= 0.6 is 0 Å². The number of aryl methyl sites for hydroxylation is 3. The molecule has 0 bridgehead atoms. The van der Waals surface area contributed by atoms with Crippen LogP contribution in [0.25, 0.3) is 0 Å². The van der Waals surface area contributed by atoms with Gasteiger partial charge in [-0.1, -0.05) is 6.07 Å². The molecular formula is C20H19NO4. The maximum Gasteiger partial charge on any atom is 0.349 e. The smallest absolute Gasteiger partial charge is 0.349 e. The summed E-state index contributed by atoms with van der Waals surface area (Å²) in [5.74, 6) is 0.739. The van der Waals surface area contributed by atoms with Crippen molar-refractivity contribution in [1.82, 2.24) is 0 Å². The summed E-state index contributed by atoms with van der Waals surface area (Å²) >= 11 is 0. The van der Waals surface area contributed by atoms with Crippen molar-refractivity contribution in [3.05, 3.63) is 53.1 Å². The van der Waals surface area contributed by atoms with Crippen molar-refractivity contribution >= 4 is 17.6 Å². The van der Waals surface area contributed by atoms with E-state index in [2.05, 4.69) is 11.4 Å². The van der Waals surface area contributed by atoms with Gasteiger partial charge in [-0.05, 0) is 72.7 Å². The molecule has 1 aliphatic heterocycles. The fourth-order valence-corrected chi connectivity index (χ4v) is 3.36. The van der Waals surface area contributed by atoms with E-state index in [1.807, 2.05) is 12.1 Å². The molecule has 25 heavy (non-hydrogen) atoms. The molecular weight excluding hydrogens is 318 g/mol. The number of fused-ring (bicyclic) bond motifs is 2. The Hall–Kier alpha value is -2.82. The number of amides is 1. The Morgan fingerprint density at radius 2 is 1.72 bits per heavy atom. The van der Waals surface area contributed by atoms with E-state index in [0.29, 0.717) is 24.3 Å². The van der Waals surface area contributed by atoms with Gasteiger partial charge in [0.2, 0.25) is 5.91 Å². The number of rotatable bonds is 4. The molecule has 2 aromatic carbocycles. The molecule has 0 unspecified atom stereocenters. The lowest BCUT2D eigenvalue weighted by Gasteiger charge is -2.17. The molecule has 0 saturated carbocycles. The van der Waals surface area contributed by atoms with E-state index < -0.39 is 5.97 Å². The fraction of sp³-hybridized carbons (Fsp3) is 0.300. The number of ether oxygens (including phenoxy) is 2. The quantitative estimate of drug-likeness (QED) is 0.688. The van der Waals surface area contributed by atoms with Gasteiger partial charge in [-0.15, -0.1) is 0 Å². The second-order valence-corrected chi connectivity index (χ2v) is 6.41. The van der Waals surface area contributed by atoms with Gasteiger partial charge in [0.05, 0.1) is 0 Å². The molecule has 128 valence electrons. The average Bonchev–Trinajstić information content (AvgIpc) is 3.08. The number of benzene rings is 2. The Kier molecular flexibility index (Phi) is 4.14. The maximum atomic E-state index is 12.0. The summed E-state index contributed by atoms with van der Waals surface area (Å²) < 4.78 is 10.9. The zero-order valence-corrected chi connectivity index (χ0v) is 13.8. The molecule has 0 spiro atoms. The van der Waals surface area contributed by atoms with E-state index in [1.165, 1.54) is 17.5 Å². The van der Waals surface area contributed by atoms with E-state index in [9.17, 15) is 9.59 Å². The molecule has 0 fully saturated rings. The Balaban J connectivity index is 1.35.